The molecule has 2 aromatic rings. The SMILES string of the molecule is CC(Oc1ccc(Oc2ccccn2)cc1)C(=O)Cl. The Morgan fingerprint density at radius 1 is 1.16 bits per heavy atom. The van der Waals surface area contributed by atoms with E-state index >= 15 is 0 Å². The number of aromatic nitrogens is 1. The summed E-state index contributed by atoms with van der Waals surface area (Å²) in [5.74, 6) is 1.70. The van der Waals surface area contributed by atoms with Crippen molar-refractivity contribution in [3.63, 3.8) is 0 Å². The lowest BCUT2D eigenvalue weighted by Gasteiger charge is -2.11. The van der Waals surface area contributed by atoms with E-state index in [2.05, 4.69) is 4.98 Å². The van der Waals surface area contributed by atoms with Gasteiger partial charge in [-0.3, -0.25) is 4.79 Å². The Morgan fingerprint density at radius 2 is 1.84 bits per heavy atom. The van der Waals surface area contributed by atoms with Crippen molar-refractivity contribution in [2.45, 2.75) is 13.0 Å². The first-order valence-corrected chi connectivity index (χ1v) is 6.08. The van der Waals surface area contributed by atoms with Crippen molar-refractivity contribution in [1.82, 2.24) is 4.98 Å². The maximum absolute atomic E-state index is 10.9. The van der Waals surface area contributed by atoms with Gasteiger partial charge in [-0.05, 0) is 48.9 Å². The van der Waals surface area contributed by atoms with Crippen LogP contribution in [0.1, 0.15) is 6.92 Å². The largest absolute Gasteiger partial charge is 0.482 e. The first kappa shape index (κ1) is 13.4. The zero-order chi connectivity index (χ0) is 13.7. The third-order valence-electron chi connectivity index (χ3n) is 2.32. The smallest absolute Gasteiger partial charge is 0.262 e. The number of hydrogen-bond acceptors (Lipinski definition) is 4. The van der Waals surface area contributed by atoms with Crippen LogP contribution in [0.5, 0.6) is 17.4 Å². The third-order valence-corrected chi connectivity index (χ3v) is 2.62. The van der Waals surface area contributed by atoms with Crippen molar-refractivity contribution >= 4 is 16.8 Å². The molecule has 0 amide bonds. The highest BCUT2D eigenvalue weighted by Crippen LogP contribution is 2.22. The monoisotopic (exact) mass is 277 g/mol. The van der Waals surface area contributed by atoms with E-state index < -0.39 is 11.3 Å². The fourth-order valence-electron chi connectivity index (χ4n) is 1.36. The predicted octanol–water partition coefficient (Wildman–Crippen LogP) is 3.41. The van der Waals surface area contributed by atoms with Crippen LogP contribution in [0.3, 0.4) is 0 Å². The van der Waals surface area contributed by atoms with Gasteiger partial charge < -0.3 is 9.47 Å². The molecular weight excluding hydrogens is 266 g/mol. The second kappa shape index (κ2) is 6.20. The molecule has 0 saturated carbocycles. The van der Waals surface area contributed by atoms with E-state index in [9.17, 15) is 4.79 Å². The van der Waals surface area contributed by atoms with Crippen LogP contribution in [-0.4, -0.2) is 16.3 Å². The van der Waals surface area contributed by atoms with E-state index in [1.165, 1.54) is 0 Å². The van der Waals surface area contributed by atoms with Gasteiger partial charge in [0.15, 0.2) is 6.10 Å². The maximum atomic E-state index is 10.9. The number of nitrogens with zero attached hydrogens (tertiary/aromatic N) is 1. The van der Waals surface area contributed by atoms with E-state index in [1.54, 1.807) is 43.5 Å². The molecule has 0 saturated heterocycles. The first-order valence-electron chi connectivity index (χ1n) is 5.70. The van der Waals surface area contributed by atoms with Gasteiger partial charge in [0.05, 0.1) is 0 Å². The second-order valence-corrected chi connectivity index (χ2v) is 4.18. The Hall–Kier alpha value is -2.07. The Kier molecular flexibility index (Phi) is 4.36. The summed E-state index contributed by atoms with van der Waals surface area (Å²) >= 11 is 5.32. The summed E-state index contributed by atoms with van der Waals surface area (Å²) in [6, 6.07) is 12.3. The van der Waals surface area contributed by atoms with Gasteiger partial charge in [0.2, 0.25) is 5.88 Å². The molecule has 0 aliphatic heterocycles. The summed E-state index contributed by atoms with van der Waals surface area (Å²) in [6.45, 7) is 1.59. The minimum Gasteiger partial charge on any atom is -0.482 e. The molecule has 0 aliphatic rings. The number of ether oxygens (including phenoxy) is 2. The van der Waals surface area contributed by atoms with Crippen molar-refractivity contribution in [3.05, 3.63) is 48.7 Å². The van der Waals surface area contributed by atoms with Crippen LogP contribution in [0.4, 0.5) is 0 Å². The van der Waals surface area contributed by atoms with Gasteiger partial charge in [-0.15, -0.1) is 0 Å². The fraction of sp³-hybridized carbons (Fsp3) is 0.143. The second-order valence-electron chi connectivity index (χ2n) is 3.81. The molecule has 1 atom stereocenters. The summed E-state index contributed by atoms with van der Waals surface area (Å²) in [5.41, 5.74) is 0. The zero-order valence-corrected chi connectivity index (χ0v) is 11.0. The summed E-state index contributed by atoms with van der Waals surface area (Å²) < 4.78 is 10.9. The number of rotatable bonds is 5. The lowest BCUT2D eigenvalue weighted by Crippen LogP contribution is -2.18. The highest BCUT2D eigenvalue weighted by Gasteiger charge is 2.11. The van der Waals surface area contributed by atoms with Gasteiger partial charge in [0.25, 0.3) is 5.24 Å². The van der Waals surface area contributed by atoms with Crippen LogP contribution in [0.25, 0.3) is 0 Å². The highest BCUT2D eigenvalue weighted by atomic mass is 35.5. The van der Waals surface area contributed by atoms with Gasteiger partial charge in [-0.2, -0.15) is 0 Å². The molecule has 98 valence electrons. The Bertz CT molecular complexity index is 542. The number of benzene rings is 1. The Labute approximate surface area is 115 Å². The molecule has 0 fully saturated rings. The average molecular weight is 278 g/mol. The fourth-order valence-corrected chi connectivity index (χ4v) is 1.41. The van der Waals surface area contributed by atoms with Crippen molar-refractivity contribution in [2.75, 3.05) is 0 Å². The Balaban J connectivity index is 2.01. The summed E-state index contributed by atoms with van der Waals surface area (Å²) in [4.78, 5) is 14.9. The van der Waals surface area contributed by atoms with Crippen LogP contribution in [0.15, 0.2) is 48.7 Å². The van der Waals surface area contributed by atoms with Crippen molar-refractivity contribution in [3.8, 4) is 17.4 Å². The number of hydrogen-bond donors (Lipinski definition) is 0. The minimum absolute atomic E-state index is 0.514. The van der Waals surface area contributed by atoms with Crippen LogP contribution in [0, 0.1) is 0 Å². The Morgan fingerprint density at radius 3 is 2.42 bits per heavy atom. The molecule has 4 nitrogen and oxygen atoms in total. The van der Waals surface area contributed by atoms with Gasteiger partial charge >= 0.3 is 0 Å². The molecule has 1 unspecified atom stereocenters. The molecule has 0 spiro atoms. The summed E-state index contributed by atoms with van der Waals surface area (Å²) in [7, 11) is 0. The van der Waals surface area contributed by atoms with Crippen LogP contribution in [-0.2, 0) is 4.79 Å². The van der Waals surface area contributed by atoms with Crippen LogP contribution < -0.4 is 9.47 Å². The zero-order valence-electron chi connectivity index (χ0n) is 10.2. The van der Waals surface area contributed by atoms with E-state index in [1.807, 2.05) is 12.1 Å². The summed E-state index contributed by atoms with van der Waals surface area (Å²) in [6.07, 6.45) is 0.977. The van der Waals surface area contributed by atoms with Crippen molar-refractivity contribution < 1.29 is 14.3 Å². The molecule has 1 aromatic heterocycles. The number of carbonyl (C=O) groups excluding carboxylic acids is 1. The van der Waals surface area contributed by atoms with Crippen LogP contribution in [0.2, 0.25) is 0 Å². The van der Waals surface area contributed by atoms with Crippen LogP contribution >= 0.6 is 11.6 Å². The molecule has 1 aromatic carbocycles. The van der Waals surface area contributed by atoms with E-state index in [-0.39, 0.29) is 0 Å². The number of carbonyl (C=O) groups is 1. The number of pyridine rings is 1. The average Bonchev–Trinajstić information content (AvgIpc) is 2.42. The molecule has 0 radical (unpaired) electrons. The van der Waals surface area contributed by atoms with Crippen molar-refractivity contribution in [1.29, 1.82) is 0 Å². The van der Waals surface area contributed by atoms with Gasteiger partial charge in [-0.25, -0.2) is 4.98 Å². The molecule has 5 heteroatoms. The maximum Gasteiger partial charge on any atom is 0.262 e. The molecule has 2 rings (SSSR count). The molecule has 0 bridgehead atoms. The van der Waals surface area contributed by atoms with E-state index in [0.717, 1.165) is 0 Å². The quantitative estimate of drug-likeness (QED) is 0.786. The lowest BCUT2D eigenvalue weighted by molar-refractivity contribution is -0.117. The van der Waals surface area contributed by atoms with Gasteiger partial charge in [-0.1, -0.05) is 6.07 Å². The molecular formula is C14H12ClNO3. The van der Waals surface area contributed by atoms with Gasteiger partial charge in [0, 0.05) is 12.3 Å². The molecule has 0 N–H and O–H groups in total. The first-order chi connectivity index (χ1) is 9.15. The van der Waals surface area contributed by atoms with Crippen molar-refractivity contribution in [2.24, 2.45) is 0 Å². The summed E-state index contributed by atoms with van der Waals surface area (Å²) in [5, 5.41) is -0.534. The predicted molar refractivity (Wildman–Crippen MR) is 71.7 cm³/mol. The standard InChI is InChI=1S/C14H12ClNO3/c1-10(14(15)17)18-11-5-7-12(8-6-11)19-13-4-2-3-9-16-13/h2-10H,1H3. The topological polar surface area (TPSA) is 48.4 Å². The normalized spacial score (nSPS) is 11.7. The molecule has 0 aliphatic carbocycles. The van der Waals surface area contributed by atoms with Gasteiger partial charge in [0.1, 0.15) is 11.5 Å². The minimum atomic E-state index is -0.677. The third kappa shape index (κ3) is 3.96. The lowest BCUT2D eigenvalue weighted by atomic mass is 10.3. The number of halogens is 1. The molecule has 19 heavy (non-hydrogen) atoms. The van der Waals surface area contributed by atoms with E-state index in [4.69, 9.17) is 21.1 Å². The molecule has 1 heterocycles. The van der Waals surface area contributed by atoms with E-state index in [0.29, 0.717) is 17.4 Å². The highest BCUT2D eigenvalue weighted by molar-refractivity contribution is 6.64.